The molecule has 0 saturated heterocycles. The van der Waals surface area contributed by atoms with Crippen LogP contribution in [0.1, 0.15) is 23.2 Å². The molecule has 0 bridgehead atoms. The van der Waals surface area contributed by atoms with Crippen molar-refractivity contribution in [3.63, 3.8) is 0 Å². The summed E-state index contributed by atoms with van der Waals surface area (Å²) in [6.45, 7) is 3.15. The predicted octanol–water partition coefficient (Wildman–Crippen LogP) is 2.67. The number of carbonyl (C=O) groups is 1. The Labute approximate surface area is 157 Å². The van der Waals surface area contributed by atoms with E-state index in [1.807, 2.05) is 0 Å². The van der Waals surface area contributed by atoms with E-state index in [2.05, 4.69) is 36.2 Å². The molecule has 1 aromatic carbocycles. The fourth-order valence-electron chi connectivity index (χ4n) is 2.32. The number of hydrogen-bond donors (Lipinski definition) is 2. The van der Waals surface area contributed by atoms with Crippen molar-refractivity contribution in [2.45, 2.75) is 13.8 Å². The molecule has 2 heterocycles. The number of nitrogens with one attached hydrogen (secondary N) is 2. The summed E-state index contributed by atoms with van der Waals surface area (Å²) in [6, 6.07) is 3.09. The van der Waals surface area contributed by atoms with Gasteiger partial charge in [0.05, 0.1) is 17.0 Å². The van der Waals surface area contributed by atoms with Gasteiger partial charge in [0.25, 0.3) is 11.8 Å². The van der Waals surface area contributed by atoms with E-state index in [0.29, 0.717) is 27.0 Å². The van der Waals surface area contributed by atoms with Crippen molar-refractivity contribution < 1.29 is 22.0 Å². The maximum Gasteiger partial charge on any atom is 0.284 e. The van der Waals surface area contributed by atoms with Crippen LogP contribution in [0.4, 0.5) is 5.69 Å². The number of furan rings is 1. The van der Waals surface area contributed by atoms with Gasteiger partial charge in [0.1, 0.15) is 5.58 Å². The number of fused-ring (bicyclic) bond motifs is 1. The number of nitrogens with zero attached hydrogens (tertiary/aromatic N) is 2. The molecule has 1 amide bonds. The average molecular weight is 443 g/mol. The lowest BCUT2D eigenvalue weighted by molar-refractivity contribution is 0.0964. The molecule has 0 spiro atoms. The highest BCUT2D eigenvalue weighted by atomic mass is 79.9. The second-order valence-electron chi connectivity index (χ2n) is 5.35. The third kappa shape index (κ3) is 3.31. The van der Waals surface area contributed by atoms with Gasteiger partial charge in [0, 0.05) is 29.9 Å². The fraction of sp³-hybridized carbons (Fsp3) is 0.267. The van der Waals surface area contributed by atoms with Crippen LogP contribution in [0.5, 0.6) is 0 Å². The van der Waals surface area contributed by atoms with E-state index in [1.54, 1.807) is 13.0 Å². The molecule has 0 unspecified atom stereocenters. The first-order chi connectivity index (χ1) is 12.3. The zero-order chi connectivity index (χ0) is 19.1. The first-order valence-electron chi connectivity index (χ1n) is 7.54. The van der Waals surface area contributed by atoms with Crippen molar-refractivity contribution in [3.8, 4) is 11.7 Å². The zero-order valence-electron chi connectivity index (χ0n) is 14.1. The normalized spacial score (nSPS) is 11.7. The summed E-state index contributed by atoms with van der Waals surface area (Å²) >= 11 is 3.32. The van der Waals surface area contributed by atoms with E-state index in [-0.39, 0.29) is 23.0 Å². The molecular formula is C15H15BrN4O5S. The Bertz CT molecular complexity index is 1100. The van der Waals surface area contributed by atoms with Crippen LogP contribution in [-0.2, 0) is 10.0 Å². The first kappa shape index (κ1) is 18.4. The SMILES string of the molecule is CCS(=O)(=O)Nc1cc2oc(-c3nnc(C)o3)c(C(=O)NC)c2cc1Br. The van der Waals surface area contributed by atoms with E-state index in [1.165, 1.54) is 20.0 Å². The van der Waals surface area contributed by atoms with Gasteiger partial charge in [0.15, 0.2) is 0 Å². The fourth-order valence-corrected chi connectivity index (χ4v) is 3.55. The Morgan fingerprint density at radius 3 is 2.58 bits per heavy atom. The minimum absolute atomic E-state index is 0.0594. The third-order valence-electron chi connectivity index (χ3n) is 3.60. The highest BCUT2D eigenvalue weighted by Gasteiger charge is 2.26. The number of aryl methyl sites for hydroxylation is 1. The second kappa shape index (κ2) is 6.72. The molecule has 0 aliphatic carbocycles. The largest absolute Gasteiger partial charge is 0.450 e. The number of halogens is 1. The van der Waals surface area contributed by atoms with Crippen molar-refractivity contribution in [1.29, 1.82) is 0 Å². The van der Waals surface area contributed by atoms with Crippen molar-refractivity contribution in [1.82, 2.24) is 15.5 Å². The van der Waals surface area contributed by atoms with Crippen LogP contribution < -0.4 is 10.0 Å². The lowest BCUT2D eigenvalue weighted by Gasteiger charge is -2.08. The van der Waals surface area contributed by atoms with E-state index in [4.69, 9.17) is 8.83 Å². The van der Waals surface area contributed by atoms with E-state index < -0.39 is 15.9 Å². The summed E-state index contributed by atoms with van der Waals surface area (Å²) in [5.41, 5.74) is 0.813. The summed E-state index contributed by atoms with van der Waals surface area (Å²) in [6.07, 6.45) is 0. The quantitative estimate of drug-likeness (QED) is 0.621. The molecule has 138 valence electrons. The Balaban J connectivity index is 2.24. The number of aromatic nitrogens is 2. The van der Waals surface area contributed by atoms with Crippen molar-refractivity contribution in [2.24, 2.45) is 0 Å². The highest BCUT2D eigenvalue weighted by Crippen LogP contribution is 2.37. The average Bonchev–Trinajstić information content (AvgIpc) is 3.17. The molecular weight excluding hydrogens is 428 g/mol. The maximum absolute atomic E-state index is 12.4. The number of hydrogen-bond acceptors (Lipinski definition) is 7. The van der Waals surface area contributed by atoms with Gasteiger partial charge < -0.3 is 14.2 Å². The van der Waals surface area contributed by atoms with Gasteiger partial charge in [-0.2, -0.15) is 0 Å². The molecule has 26 heavy (non-hydrogen) atoms. The van der Waals surface area contributed by atoms with Gasteiger partial charge in [-0.25, -0.2) is 8.42 Å². The number of amides is 1. The Kier molecular flexibility index (Phi) is 4.76. The van der Waals surface area contributed by atoms with Gasteiger partial charge in [0.2, 0.25) is 21.7 Å². The number of rotatable bonds is 5. The number of carbonyl (C=O) groups excluding carboxylic acids is 1. The van der Waals surface area contributed by atoms with Crippen LogP contribution in [-0.4, -0.2) is 37.3 Å². The van der Waals surface area contributed by atoms with Gasteiger partial charge in [-0.1, -0.05) is 0 Å². The Morgan fingerprint density at radius 2 is 2.00 bits per heavy atom. The molecule has 0 fully saturated rings. The van der Waals surface area contributed by atoms with Crippen LogP contribution in [0.15, 0.2) is 25.4 Å². The topological polar surface area (TPSA) is 127 Å². The van der Waals surface area contributed by atoms with E-state index in [0.717, 1.165) is 0 Å². The summed E-state index contributed by atoms with van der Waals surface area (Å²) in [5.74, 6) is 0.0155. The monoisotopic (exact) mass is 442 g/mol. The minimum atomic E-state index is -3.48. The third-order valence-corrected chi connectivity index (χ3v) is 5.54. The maximum atomic E-state index is 12.4. The Hall–Kier alpha value is -2.40. The summed E-state index contributed by atoms with van der Waals surface area (Å²) in [7, 11) is -1.99. The lowest BCUT2D eigenvalue weighted by Crippen LogP contribution is -2.18. The number of benzene rings is 1. The van der Waals surface area contributed by atoms with E-state index >= 15 is 0 Å². The summed E-state index contributed by atoms with van der Waals surface area (Å²) < 4.78 is 37.7. The first-order valence-corrected chi connectivity index (χ1v) is 9.99. The smallest absolute Gasteiger partial charge is 0.284 e. The molecule has 9 nitrogen and oxygen atoms in total. The Morgan fingerprint density at radius 1 is 1.27 bits per heavy atom. The molecule has 2 N–H and O–H groups in total. The van der Waals surface area contributed by atoms with Crippen LogP contribution >= 0.6 is 15.9 Å². The van der Waals surface area contributed by atoms with Crippen molar-refractivity contribution >= 4 is 48.5 Å². The van der Waals surface area contributed by atoms with Gasteiger partial charge >= 0.3 is 0 Å². The molecule has 0 atom stereocenters. The highest BCUT2D eigenvalue weighted by molar-refractivity contribution is 9.10. The molecule has 0 aliphatic heterocycles. The molecule has 2 aromatic heterocycles. The molecule has 0 aliphatic rings. The van der Waals surface area contributed by atoms with Crippen molar-refractivity contribution in [3.05, 3.63) is 28.1 Å². The molecule has 11 heteroatoms. The second-order valence-corrected chi connectivity index (χ2v) is 8.21. The number of anilines is 1. The molecule has 3 aromatic rings. The molecule has 0 radical (unpaired) electrons. The summed E-state index contributed by atoms with van der Waals surface area (Å²) in [5, 5.41) is 10.7. The van der Waals surface area contributed by atoms with E-state index in [9.17, 15) is 13.2 Å². The molecule has 3 rings (SSSR count). The predicted molar refractivity (Wildman–Crippen MR) is 98.4 cm³/mol. The van der Waals surface area contributed by atoms with Crippen molar-refractivity contribution in [2.75, 3.05) is 17.5 Å². The van der Waals surface area contributed by atoms with Crippen LogP contribution in [0.2, 0.25) is 0 Å². The number of sulfonamides is 1. The zero-order valence-corrected chi connectivity index (χ0v) is 16.5. The summed E-state index contributed by atoms with van der Waals surface area (Å²) in [4.78, 5) is 12.4. The lowest BCUT2D eigenvalue weighted by atomic mass is 10.1. The van der Waals surface area contributed by atoms with Crippen LogP contribution in [0, 0.1) is 6.92 Å². The van der Waals surface area contributed by atoms with Crippen LogP contribution in [0.25, 0.3) is 22.6 Å². The minimum Gasteiger partial charge on any atom is -0.450 e. The van der Waals surface area contributed by atoms with Gasteiger partial charge in [-0.05, 0) is 28.9 Å². The standard InChI is InChI=1S/C15H15BrN4O5S/c1-4-26(22,23)20-10-6-11-8(5-9(10)16)12(14(21)17-3)13(25-11)15-19-18-7(2)24-15/h5-6,20H,4H2,1-3H3,(H,17,21). The van der Waals surface area contributed by atoms with Gasteiger partial charge in [-0.3, -0.25) is 9.52 Å². The molecule has 0 saturated carbocycles. The van der Waals surface area contributed by atoms with Crippen LogP contribution in [0.3, 0.4) is 0 Å². The van der Waals surface area contributed by atoms with Gasteiger partial charge in [-0.15, -0.1) is 10.2 Å².